The van der Waals surface area contributed by atoms with E-state index in [1.165, 1.54) is 44.5 Å². The van der Waals surface area contributed by atoms with Crippen molar-refractivity contribution in [3.05, 3.63) is 421 Å². The van der Waals surface area contributed by atoms with Gasteiger partial charge in [0.2, 0.25) is 0 Å². The average molecular weight is 1380 g/mol. The molecule has 18 aromatic rings. The number of para-hydroxylation sites is 4. The van der Waals surface area contributed by atoms with Crippen LogP contribution in [-0.4, -0.2) is 19.9 Å². The minimum atomic E-state index is -0.533. The maximum absolute atomic E-state index is 6.97. The van der Waals surface area contributed by atoms with Crippen LogP contribution in [0.5, 0.6) is 23.0 Å². The van der Waals surface area contributed by atoms with Crippen molar-refractivity contribution in [2.24, 2.45) is 0 Å². The normalized spacial score (nSPS) is 13.3. The van der Waals surface area contributed by atoms with Crippen molar-refractivity contribution in [3.8, 4) is 146 Å². The quantitative estimate of drug-likeness (QED) is 0.143. The van der Waals surface area contributed by atoms with E-state index in [4.69, 9.17) is 29.4 Å². The highest BCUT2D eigenvalue weighted by molar-refractivity contribution is 5.99. The summed E-state index contributed by atoms with van der Waals surface area (Å²) in [5.74, 6) is 4.72. The summed E-state index contributed by atoms with van der Waals surface area (Å²) in [5, 5.41) is 1.96. The molecule has 16 aromatic carbocycles. The lowest BCUT2D eigenvalue weighted by Crippen LogP contribution is -2.32. The van der Waals surface area contributed by atoms with Crippen LogP contribution >= 0.6 is 0 Å². The Morgan fingerprint density at radius 1 is 0.176 bits per heavy atom. The topological polar surface area (TPSA) is 70.0 Å². The third kappa shape index (κ3) is 9.27. The minimum Gasteiger partial charge on any atom is -0.457 e. The zero-order chi connectivity index (χ0) is 71.0. The van der Waals surface area contributed by atoms with Gasteiger partial charge in [0.15, 0.2) is 11.6 Å². The Morgan fingerprint density at radius 3 is 1.07 bits per heavy atom. The first-order chi connectivity index (χ1) is 53.5. The molecule has 2 aromatic heterocycles. The van der Waals surface area contributed by atoms with Crippen molar-refractivity contribution in [1.29, 1.82) is 0 Å². The molecule has 0 atom stereocenters. The molecule has 22 rings (SSSR count). The highest BCUT2D eigenvalue weighted by atomic mass is 16.5. The fourth-order valence-electron chi connectivity index (χ4n) is 18.1. The van der Waals surface area contributed by atoms with E-state index >= 15 is 0 Å². The van der Waals surface area contributed by atoms with E-state index in [2.05, 4.69) is 370 Å². The predicted octanol–water partition coefficient (Wildman–Crippen LogP) is 25.5. The third-order valence-corrected chi connectivity index (χ3v) is 22.9. The number of fused-ring (bicyclic) bond motifs is 20. The molecule has 0 N–H and O–H groups in total. The van der Waals surface area contributed by atoms with Gasteiger partial charge in [0.1, 0.15) is 23.0 Å². The highest BCUT2D eigenvalue weighted by Gasteiger charge is 2.53. The minimum absolute atomic E-state index is 0.531. The lowest BCUT2D eigenvalue weighted by atomic mass is 9.66. The van der Waals surface area contributed by atoms with Crippen LogP contribution in [0.4, 0.5) is 0 Å². The Bertz CT molecular complexity index is 6670. The van der Waals surface area contributed by atoms with Gasteiger partial charge in [-0.15, -0.1) is 0 Å². The second-order valence-electron chi connectivity index (χ2n) is 28.5. The Morgan fingerprint density at radius 2 is 0.519 bits per heavy atom. The Hall–Kier alpha value is -14.2. The van der Waals surface area contributed by atoms with Crippen molar-refractivity contribution in [2.45, 2.75) is 10.8 Å². The molecule has 502 valence electrons. The summed E-state index contributed by atoms with van der Waals surface area (Å²) in [6.45, 7) is 0. The van der Waals surface area contributed by atoms with E-state index in [0.29, 0.717) is 11.6 Å². The molecule has 0 fully saturated rings. The van der Waals surface area contributed by atoms with Crippen LogP contribution in [0.15, 0.2) is 376 Å². The lowest BCUT2D eigenvalue weighted by Gasteiger charge is -2.39. The first-order valence-corrected chi connectivity index (χ1v) is 36.9. The number of hydrogen-bond acceptors (Lipinski definition) is 6. The molecule has 108 heavy (non-hydrogen) atoms. The Balaban J connectivity index is 0.611. The summed E-state index contributed by atoms with van der Waals surface area (Å²) in [5.41, 5.74) is 31.5. The molecular formula is C102H62N4O2. The molecule has 2 spiro atoms. The molecule has 0 amide bonds. The zero-order valence-corrected chi connectivity index (χ0v) is 58.4. The second kappa shape index (κ2) is 24.2. The van der Waals surface area contributed by atoms with Gasteiger partial charge < -0.3 is 9.47 Å². The van der Waals surface area contributed by atoms with Crippen LogP contribution in [0, 0.1) is 0 Å². The number of nitrogens with zero attached hydrogens (tertiary/aromatic N) is 4. The first-order valence-electron chi connectivity index (χ1n) is 36.9. The highest BCUT2D eigenvalue weighted by Crippen LogP contribution is 2.64. The summed E-state index contributed by atoms with van der Waals surface area (Å²) in [6.07, 6.45) is 0. The standard InChI is InChI=1S/C102H62N4O2/c1-2-23-66(24-3-1)97-81-34-11-19-42-92(81)104-100(106-97)82-60-69(53-56-75(82)65-47-45-63(46-48-65)70-54-57-89-95(61-70)107-93-43-20-16-39-87(93)101(89)83-35-12-6-29-76(83)77-30-7-13-36-84(77)101)68-25-22-26-72(59-68)99-103-91-41-18-10-33-80(91)98(105-99)67-51-49-64(50-52-67)73-27-4-5-28-74(73)71-55-58-90-96(62-71)108-94-44-21-17-40-88(94)102(90)85-37-14-8-31-78(85)79-32-9-15-38-86(79)102/h1-62H. The monoisotopic (exact) mass is 1370 g/mol. The second-order valence-corrected chi connectivity index (χ2v) is 28.5. The third-order valence-electron chi connectivity index (χ3n) is 22.9. The first kappa shape index (κ1) is 61.3. The van der Waals surface area contributed by atoms with Gasteiger partial charge in [0.05, 0.1) is 33.3 Å². The lowest BCUT2D eigenvalue weighted by molar-refractivity contribution is 0.436. The van der Waals surface area contributed by atoms with Crippen molar-refractivity contribution >= 4 is 21.8 Å². The number of benzene rings is 16. The van der Waals surface area contributed by atoms with Crippen LogP contribution in [0.3, 0.4) is 0 Å². The molecule has 6 heteroatoms. The Kier molecular flexibility index (Phi) is 13.7. The molecule has 4 heterocycles. The van der Waals surface area contributed by atoms with Crippen molar-refractivity contribution in [3.63, 3.8) is 0 Å². The van der Waals surface area contributed by atoms with Crippen LogP contribution in [0.1, 0.15) is 44.5 Å². The molecule has 2 aliphatic heterocycles. The van der Waals surface area contributed by atoms with Crippen LogP contribution < -0.4 is 9.47 Å². The largest absolute Gasteiger partial charge is 0.457 e. The number of rotatable bonds is 9. The SMILES string of the molecule is c1ccc(-c2nc(-c3cc(-c4cccc(-c5nc(-c6ccc(-c7ccccc7-c7ccc8c(c7)Oc7ccccc7C87c8ccccc8-c8ccccc87)cc6)c6ccccc6n5)c4)ccc3-c3ccc(-c4ccc5c(c4)Oc4ccccc4C54c5ccccc5-c5ccccc54)cc3)nc3ccccc23)cc1. The number of hydrogen-bond donors (Lipinski definition) is 0. The van der Waals surface area contributed by atoms with Gasteiger partial charge >= 0.3 is 0 Å². The zero-order valence-electron chi connectivity index (χ0n) is 58.4. The molecule has 2 aliphatic carbocycles. The summed E-state index contributed by atoms with van der Waals surface area (Å²) < 4.78 is 13.9. The molecule has 6 nitrogen and oxygen atoms in total. The molecule has 0 unspecified atom stereocenters. The van der Waals surface area contributed by atoms with Gasteiger partial charge in [0, 0.05) is 55.3 Å². The maximum atomic E-state index is 6.97. The smallest absolute Gasteiger partial charge is 0.161 e. The number of aromatic nitrogens is 4. The summed E-state index contributed by atoms with van der Waals surface area (Å²) >= 11 is 0. The van der Waals surface area contributed by atoms with E-state index in [-0.39, 0.29) is 0 Å². The Labute approximate surface area is 624 Å². The molecular weight excluding hydrogens is 1310 g/mol. The number of ether oxygens (including phenoxy) is 2. The van der Waals surface area contributed by atoms with Gasteiger partial charge in [-0.05, 0) is 149 Å². The fraction of sp³-hybridized carbons (Fsp3) is 0.0196. The molecule has 0 bridgehead atoms. The van der Waals surface area contributed by atoms with Gasteiger partial charge in [-0.2, -0.15) is 0 Å². The van der Waals surface area contributed by atoms with Gasteiger partial charge in [-0.1, -0.05) is 328 Å². The molecule has 0 saturated heterocycles. The van der Waals surface area contributed by atoms with E-state index in [0.717, 1.165) is 156 Å². The van der Waals surface area contributed by atoms with E-state index in [1.54, 1.807) is 0 Å². The summed E-state index contributed by atoms with van der Waals surface area (Å²) in [6, 6.07) is 135. The van der Waals surface area contributed by atoms with Gasteiger partial charge in [0.25, 0.3) is 0 Å². The van der Waals surface area contributed by atoms with E-state index < -0.39 is 10.8 Å². The fourth-order valence-corrected chi connectivity index (χ4v) is 18.1. The van der Waals surface area contributed by atoms with Gasteiger partial charge in [-0.3, -0.25) is 0 Å². The molecule has 0 radical (unpaired) electrons. The predicted molar refractivity (Wildman–Crippen MR) is 436 cm³/mol. The van der Waals surface area contributed by atoms with E-state index in [1.807, 2.05) is 6.07 Å². The van der Waals surface area contributed by atoms with Gasteiger partial charge in [-0.25, -0.2) is 19.9 Å². The van der Waals surface area contributed by atoms with Crippen molar-refractivity contribution < 1.29 is 9.47 Å². The van der Waals surface area contributed by atoms with Crippen LogP contribution in [0.2, 0.25) is 0 Å². The summed E-state index contributed by atoms with van der Waals surface area (Å²) in [7, 11) is 0. The van der Waals surface area contributed by atoms with Crippen molar-refractivity contribution in [2.75, 3.05) is 0 Å². The molecule has 4 aliphatic rings. The van der Waals surface area contributed by atoms with Crippen LogP contribution in [-0.2, 0) is 10.8 Å². The average Bonchev–Trinajstić information content (AvgIpc) is 1.50. The molecule has 0 saturated carbocycles. The maximum Gasteiger partial charge on any atom is 0.161 e. The van der Waals surface area contributed by atoms with E-state index in [9.17, 15) is 0 Å². The van der Waals surface area contributed by atoms with Crippen LogP contribution in [0.25, 0.3) is 145 Å². The van der Waals surface area contributed by atoms with Crippen molar-refractivity contribution in [1.82, 2.24) is 19.9 Å². The summed E-state index contributed by atoms with van der Waals surface area (Å²) in [4.78, 5) is 21.7.